The molecule has 22 heavy (non-hydrogen) atoms. The van der Waals surface area contributed by atoms with Crippen LogP contribution in [0.25, 0.3) is 0 Å². The molecule has 1 atom stereocenters. The molecule has 1 saturated heterocycles. The van der Waals surface area contributed by atoms with E-state index in [0.717, 1.165) is 25.9 Å². The summed E-state index contributed by atoms with van der Waals surface area (Å²) in [5.74, 6) is -0.293. The van der Waals surface area contributed by atoms with Crippen LogP contribution in [0.15, 0.2) is 12.1 Å². The zero-order chi connectivity index (χ0) is 15.4. The second-order valence-electron chi connectivity index (χ2n) is 5.55. The van der Waals surface area contributed by atoms with Crippen molar-refractivity contribution in [3.8, 4) is 0 Å². The van der Waals surface area contributed by atoms with Crippen LogP contribution in [0.2, 0.25) is 0 Å². The number of aromatic nitrogens is 1. The summed E-state index contributed by atoms with van der Waals surface area (Å²) < 4.78 is 0. The first kappa shape index (κ1) is 18.4. The van der Waals surface area contributed by atoms with Gasteiger partial charge in [0, 0.05) is 26.7 Å². The van der Waals surface area contributed by atoms with Crippen LogP contribution in [0.4, 0.5) is 0 Å². The molecule has 0 aromatic carbocycles. The standard InChI is InChI=1S/C15H22N4O2.ClH/c1-10-12(6-7-13(17-10)15(21)19(2)3)14(20)18-11-5-4-8-16-9-11;/h6-7,11,16H,4-5,8-9H2,1-3H3,(H,18,20);1H/t11-;/m0./s1. The van der Waals surface area contributed by atoms with Gasteiger partial charge in [-0.05, 0) is 38.4 Å². The molecule has 0 radical (unpaired) electrons. The maximum atomic E-state index is 12.3. The van der Waals surface area contributed by atoms with E-state index in [-0.39, 0.29) is 30.3 Å². The summed E-state index contributed by atoms with van der Waals surface area (Å²) in [6.07, 6.45) is 2.06. The summed E-state index contributed by atoms with van der Waals surface area (Å²) in [7, 11) is 3.35. The molecule has 0 spiro atoms. The molecule has 2 amide bonds. The first-order valence-electron chi connectivity index (χ1n) is 7.20. The molecule has 1 aliphatic rings. The molecule has 1 aromatic heterocycles. The van der Waals surface area contributed by atoms with E-state index < -0.39 is 0 Å². The van der Waals surface area contributed by atoms with Crippen LogP contribution >= 0.6 is 12.4 Å². The molecule has 0 saturated carbocycles. The maximum absolute atomic E-state index is 12.3. The van der Waals surface area contributed by atoms with Gasteiger partial charge in [0.25, 0.3) is 11.8 Å². The van der Waals surface area contributed by atoms with Gasteiger partial charge in [0.2, 0.25) is 0 Å². The fourth-order valence-electron chi connectivity index (χ4n) is 2.39. The normalized spacial score (nSPS) is 17.3. The van der Waals surface area contributed by atoms with Crippen LogP contribution in [0.5, 0.6) is 0 Å². The van der Waals surface area contributed by atoms with Gasteiger partial charge in [0.1, 0.15) is 5.69 Å². The van der Waals surface area contributed by atoms with E-state index in [1.54, 1.807) is 33.2 Å². The average Bonchev–Trinajstić information content (AvgIpc) is 2.47. The summed E-state index contributed by atoms with van der Waals surface area (Å²) in [6.45, 7) is 3.56. The van der Waals surface area contributed by atoms with Crippen molar-refractivity contribution in [1.29, 1.82) is 0 Å². The van der Waals surface area contributed by atoms with Crippen LogP contribution in [0.3, 0.4) is 0 Å². The Labute approximate surface area is 137 Å². The first-order valence-corrected chi connectivity index (χ1v) is 7.20. The Hall–Kier alpha value is -1.66. The molecule has 1 fully saturated rings. The van der Waals surface area contributed by atoms with Crippen LogP contribution in [-0.4, -0.2) is 54.9 Å². The number of nitrogens with zero attached hydrogens (tertiary/aromatic N) is 2. The number of piperidine rings is 1. The predicted octanol–water partition coefficient (Wildman–Crippen LogP) is 0.995. The molecule has 2 heterocycles. The van der Waals surface area contributed by atoms with E-state index in [2.05, 4.69) is 15.6 Å². The highest BCUT2D eigenvalue weighted by Gasteiger charge is 2.19. The van der Waals surface area contributed by atoms with E-state index in [1.807, 2.05) is 0 Å². The maximum Gasteiger partial charge on any atom is 0.271 e. The zero-order valence-electron chi connectivity index (χ0n) is 13.2. The van der Waals surface area contributed by atoms with Gasteiger partial charge >= 0.3 is 0 Å². The molecule has 1 aliphatic heterocycles. The summed E-state index contributed by atoms with van der Waals surface area (Å²) >= 11 is 0. The summed E-state index contributed by atoms with van der Waals surface area (Å²) in [5, 5.41) is 6.27. The molecule has 2 N–H and O–H groups in total. The van der Waals surface area contributed by atoms with Crippen molar-refractivity contribution in [1.82, 2.24) is 20.5 Å². The fraction of sp³-hybridized carbons (Fsp3) is 0.533. The molecule has 0 unspecified atom stereocenters. The van der Waals surface area contributed by atoms with Crippen molar-refractivity contribution in [2.24, 2.45) is 0 Å². The third-order valence-corrected chi connectivity index (χ3v) is 3.59. The first-order chi connectivity index (χ1) is 9.99. The lowest BCUT2D eigenvalue weighted by Gasteiger charge is -2.24. The average molecular weight is 327 g/mol. The molecule has 6 nitrogen and oxygen atoms in total. The number of hydrogen-bond acceptors (Lipinski definition) is 4. The van der Waals surface area contributed by atoms with Crippen LogP contribution < -0.4 is 10.6 Å². The largest absolute Gasteiger partial charge is 0.348 e. The summed E-state index contributed by atoms with van der Waals surface area (Å²) in [5.41, 5.74) is 1.45. The number of halogens is 1. The topological polar surface area (TPSA) is 74.3 Å². The van der Waals surface area contributed by atoms with Crippen LogP contribution in [0.1, 0.15) is 39.4 Å². The molecule has 0 aliphatic carbocycles. The Morgan fingerprint density at radius 3 is 2.64 bits per heavy atom. The lowest BCUT2D eigenvalue weighted by Crippen LogP contribution is -2.45. The smallest absolute Gasteiger partial charge is 0.271 e. The highest BCUT2D eigenvalue weighted by molar-refractivity contribution is 5.97. The monoisotopic (exact) mass is 326 g/mol. The third kappa shape index (κ3) is 4.42. The van der Waals surface area contributed by atoms with E-state index in [0.29, 0.717) is 17.0 Å². The summed E-state index contributed by atoms with van der Waals surface area (Å²) in [6, 6.07) is 3.43. The van der Waals surface area contributed by atoms with Crippen molar-refractivity contribution in [3.05, 3.63) is 29.1 Å². The molecular formula is C15H23ClN4O2. The molecule has 1 aromatic rings. The van der Waals surface area contributed by atoms with Crippen molar-refractivity contribution in [3.63, 3.8) is 0 Å². The molecule has 122 valence electrons. The Morgan fingerprint density at radius 2 is 2.09 bits per heavy atom. The number of pyridine rings is 1. The van der Waals surface area contributed by atoms with E-state index in [4.69, 9.17) is 0 Å². The van der Waals surface area contributed by atoms with E-state index >= 15 is 0 Å². The van der Waals surface area contributed by atoms with Gasteiger partial charge in [-0.15, -0.1) is 12.4 Å². The third-order valence-electron chi connectivity index (χ3n) is 3.59. The number of hydrogen-bond donors (Lipinski definition) is 2. The molecular weight excluding hydrogens is 304 g/mol. The molecule has 2 rings (SSSR count). The van der Waals surface area contributed by atoms with E-state index in [1.165, 1.54) is 4.90 Å². The number of rotatable bonds is 3. The van der Waals surface area contributed by atoms with Crippen molar-refractivity contribution in [2.45, 2.75) is 25.8 Å². The van der Waals surface area contributed by atoms with Gasteiger partial charge < -0.3 is 15.5 Å². The summed E-state index contributed by atoms with van der Waals surface area (Å²) in [4.78, 5) is 29.8. The lowest BCUT2D eigenvalue weighted by molar-refractivity contribution is 0.0820. The Balaban J connectivity index is 0.00000242. The second kappa shape index (κ2) is 8.10. The Kier molecular flexibility index (Phi) is 6.77. The number of carbonyl (C=O) groups is 2. The van der Waals surface area contributed by atoms with E-state index in [9.17, 15) is 9.59 Å². The van der Waals surface area contributed by atoms with Gasteiger partial charge in [-0.3, -0.25) is 9.59 Å². The quantitative estimate of drug-likeness (QED) is 0.869. The number of aryl methyl sites for hydroxylation is 1. The van der Waals surface area contributed by atoms with Gasteiger partial charge in [-0.1, -0.05) is 0 Å². The fourth-order valence-corrected chi connectivity index (χ4v) is 2.39. The number of nitrogens with one attached hydrogen (secondary N) is 2. The Bertz CT molecular complexity index is 542. The second-order valence-corrected chi connectivity index (χ2v) is 5.55. The zero-order valence-corrected chi connectivity index (χ0v) is 14.0. The van der Waals surface area contributed by atoms with Crippen LogP contribution in [-0.2, 0) is 0 Å². The van der Waals surface area contributed by atoms with Gasteiger partial charge in [-0.2, -0.15) is 0 Å². The Morgan fingerprint density at radius 1 is 1.36 bits per heavy atom. The van der Waals surface area contributed by atoms with Gasteiger partial charge in [0.15, 0.2) is 0 Å². The minimum Gasteiger partial charge on any atom is -0.348 e. The minimum absolute atomic E-state index is 0. The highest BCUT2D eigenvalue weighted by Crippen LogP contribution is 2.10. The van der Waals surface area contributed by atoms with Gasteiger partial charge in [0.05, 0.1) is 11.3 Å². The molecule has 7 heteroatoms. The predicted molar refractivity (Wildman–Crippen MR) is 87.6 cm³/mol. The number of amides is 2. The highest BCUT2D eigenvalue weighted by atomic mass is 35.5. The van der Waals surface area contributed by atoms with Crippen LogP contribution in [0, 0.1) is 6.92 Å². The number of carbonyl (C=O) groups excluding carboxylic acids is 2. The minimum atomic E-state index is -0.165. The van der Waals surface area contributed by atoms with Crippen molar-refractivity contribution < 1.29 is 9.59 Å². The van der Waals surface area contributed by atoms with Crippen molar-refractivity contribution >= 4 is 24.2 Å². The SMILES string of the molecule is Cc1nc(C(=O)N(C)C)ccc1C(=O)N[C@H]1CCCNC1.Cl. The molecule has 0 bridgehead atoms. The van der Waals surface area contributed by atoms with Crippen molar-refractivity contribution in [2.75, 3.05) is 27.2 Å². The van der Waals surface area contributed by atoms with Gasteiger partial charge in [-0.25, -0.2) is 4.98 Å². The lowest BCUT2D eigenvalue weighted by atomic mass is 10.1.